The lowest BCUT2D eigenvalue weighted by Crippen LogP contribution is -2.30. The van der Waals surface area contributed by atoms with E-state index >= 15 is 0 Å². The molecule has 0 rings (SSSR count). The van der Waals surface area contributed by atoms with Gasteiger partial charge in [-0.2, -0.15) is 0 Å². The highest BCUT2D eigenvalue weighted by atomic mass is 15.3. The highest BCUT2D eigenvalue weighted by Crippen LogP contribution is 2.16. The number of rotatable bonds is 19. The van der Waals surface area contributed by atoms with Crippen LogP contribution >= 0.6 is 0 Å². The first-order chi connectivity index (χ1) is 13.2. The molecule has 0 saturated carbocycles. The molecule has 0 aromatic rings. The minimum absolute atomic E-state index is 0.884. The Morgan fingerprint density at radius 1 is 0.444 bits per heavy atom. The van der Waals surface area contributed by atoms with Gasteiger partial charge >= 0.3 is 0 Å². The van der Waals surface area contributed by atoms with Crippen LogP contribution in [0.3, 0.4) is 0 Å². The van der Waals surface area contributed by atoms with E-state index in [1.165, 1.54) is 96.3 Å². The van der Waals surface area contributed by atoms with Gasteiger partial charge in [0.2, 0.25) is 0 Å². The van der Waals surface area contributed by atoms with Crippen molar-refractivity contribution in [1.29, 1.82) is 0 Å². The van der Waals surface area contributed by atoms with Crippen molar-refractivity contribution in [2.24, 2.45) is 0 Å². The molecule has 0 aliphatic heterocycles. The third kappa shape index (κ3) is 15.9. The Hall–Kier alpha value is -0.820. The van der Waals surface area contributed by atoms with Crippen molar-refractivity contribution in [3.05, 3.63) is 36.8 Å². The van der Waals surface area contributed by atoms with Crippen LogP contribution in [0.25, 0.3) is 0 Å². The summed E-state index contributed by atoms with van der Waals surface area (Å²) in [6, 6.07) is 0. The van der Waals surface area contributed by atoms with Crippen molar-refractivity contribution >= 4 is 0 Å². The Bertz CT molecular complexity index is 323. The Balaban J connectivity index is 4.68. The first-order valence-electron chi connectivity index (χ1n) is 12.1. The summed E-state index contributed by atoms with van der Waals surface area (Å²) in [5.74, 6) is 0. The maximum absolute atomic E-state index is 2.43. The smallest absolute Gasteiger partial charge is 0.101 e. The van der Waals surface area contributed by atoms with Crippen LogP contribution in [0, 0.1) is 0 Å². The Morgan fingerprint density at radius 2 is 0.778 bits per heavy atom. The van der Waals surface area contributed by atoms with E-state index in [1.807, 2.05) is 0 Å². The summed E-state index contributed by atoms with van der Waals surface area (Å²) in [5.41, 5.74) is 0. The van der Waals surface area contributed by atoms with E-state index in [-0.39, 0.29) is 0 Å². The fourth-order valence-corrected chi connectivity index (χ4v) is 3.34. The van der Waals surface area contributed by atoms with Crippen molar-refractivity contribution in [2.45, 2.75) is 124 Å². The summed E-state index contributed by atoms with van der Waals surface area (Å²) < 4.78 is 0.884. The maximum Gasteiger partial charge on any atom is 0.101 e. The zero-order valence-corrected chi connectivity index (χ0v) is 19.2. The minimum Gasteiger partial charge on any atom is -0.246 e. The number of nitrogens with zero attached hydrogens (tertiary/aromatic N) is 1. The molecule has 0 heterocycles. The van der Waals surface area contributed by atoms with Gasteiger partial charge in [0.05, 0.1) is 6.54 Å². The Morgan fingerprint density at radius 3 is 1.04 bits per heavy atom. The third-order valence-corrected chi connectivity index (χ3v) is 5.37. The van der Waals surface area contributed by atoms with Crippen molar-refractivity contribution in [2.75, 3.05) is 6.54 Å². The zero-order valence-electron chi connectivity index (χ0n) is 19.2. The molecule has 0 aromatic heterocycles. The van der Waals surface area contributed by atoms with Gasteiger partial charge in [-0.15, -0.1) is 0 Å². The van der Waals surface area contributed by atoms with Crippen molar-refractivity contribution < 1.29 is 4.48 Å². The monoisotopic (exact) mass is 376 g/mol. The summed E-state index contributed by atoms with van der Waals surface area (Å²) in [6.07, 6.45) is 34.4. The van der Waals surface area contributed by atoms with Crippen LogP contribution < -0.4 is 0 Å². The molecule has 0 spiro atoms. The van der Waals surface area contributed by atoms with Crippen LogP contribution in [0.5, 0.6) is 0 Å². The molecule has 0 fully saturated rings. The molecular formula is C26H50N+. The number of quaternary nitrogens is 1. The summed E-state index contributed by atoms with van der Waals surface area (Å²) in [7, 11) is 0. The fraction of sp³-hybridized carbons (Fsp3) is 0.769. The molecule has 0 saturated heterocycles. The zero-order chi connectivity index (χ0) is 20.1. The standard InChI is InChI=1S/C26H50N/c1-5-9-12-15-18-21-24-27(8-4,25-22-19-16-13-10-6-2)26-23-20-17-14-11-7-3/h21-26H,5-20H2,1-4H3/q+1/b24-21+,25-22+,26-23+. The second-order valence-electron chi connectivity index (χ2n) is 8.01. The molecule has 0 unspecified atom stereocenters. The van der Waals surface area contributed by atoms with E-state index < -0.39 is 0 Å². The molecule has 0 aromatic carbocycles. The largest absolute Gasteiger partial charge is 0.246 e. The van der Waals surface area contributed by atoms with E-state index in [0.29, 0.717) is 0 Å². The van der Waals surface area contributed by atoms with Gasteiger partial charge < -0.3 is 0 Å². The molecular weight excluding hydrogens is 326 g/mol. The molecule has 1 nitrogen and oxygen atoms in total. The average Bonchev–Trinajstić information content (AvgIpc) is 2.69. The van der Waals surface area contributed by atoms with Crippen molar-refractivity contribution in [3.8, 4) is 0 Å². The second kappa shape index (κ2) is 19.9. The molecule has 1 heteroatoms. The molecule has 0 amide bonds. The van der Waals surface area contributed by atoms with Gasteiger partial charge in [-0.25, -0.2) is 4.48 Å². The summed E-state index contributed by atoms with van der Waals surface area (Å²) in [6.45, 7) is 10.3. The molecule has 0 aliphatic rings. The lowest BCUT2D eigenvalue weighted by molar-refractivity contribution is -0.771. The molecule has 158 valence electrons. The van der Waals surface area contributed by atoms with Gasteiger partial charge in [-0.3, -0.25) is 0 Å². The van der Waals surface area contributed by atoms with E-state index in [2.05, 4.69) is 64.5 Å². The van der Waals surface area contributed by atoms with Gasteiger partial charge in [-0.05, 0) is 63.7 Å². The number of hydrogen-bond donors (Lipinski definition) is 0. The molecule has 0 N–H and O–H groups in total. The average molecular weight is 377 g/mol. The van der Waals surface area contributed by atoms with Crippen molar-refractivity contribution in [3.63, 3.8) is 0 Å². The number of allylic oxidation sites excluding steroid dienone is 3. The van der Waals surface area contributed by atoms with E-state index in [9.17, 15) is 0 Å². The molecule has 0 bridgehead atoms. The van der Waals surface area contributed by atoms with Crippen LogP contribution in [0.1, 0.15) is 124 Å². The first-order valence-corrected chi connectivity index (χ1v) is 12.1. The summed E-state index contributed by atoms with van der Waals surface area (Å²) >= 11 is 0. The highest BCUT2D eigenvalue weighted by Gasteiger charge is 2.15. The SMILES string of the molecule is CCCCCC/C=C/[N+](/C=C/CCCCCC)(/C=C/CCCCCC)CC. The topological polar surface area (TPSA) is 0 Å². The lowest BCUT2D eigenvalue weighted by Gasteiger charge is -2.25. The molecule has 0 radical (unpaired) electrons. The van der Waals surface area contributed by atoms with Gasteiger partial charge in [0.1, 0.15) is 18.6 Å². The highest BCUT2D eigenvalue weighted by molar-refractivity contribution is 4.89. The Kier molecular flexibility index (Phi) is 19.3. The van der Waals surface area contributed by atoms with E-state index in [1.54, 1.807) is 0 Å². The predicted molar refractivity (Wildman–Crippen MR) is 124 cm³/mol. The predicted octanol–water partition coefficient (Wildman–Crippen LogP) is 9.28. The van der Waals surface area contributed by atoms with Crippen LogP contribution in [-0.4, -0.2) is 11.0 Å². The number of unbranched alkanes of at least 4 members (excludes halogenated alkanes) is 12. The lowest BCUT2D eigenvalue weighted by atomic mass is 10.1. The normalized spacial score (nSPS) is 12.9. The summed E-state index contributed by atoms with van der Waals surface area (Å²) in [4.78, 5) is 0. The Labute approximate surface area is 172 Å². The molecule has 0 aliphatic carbocycles. The number of hydrogen-bond acceptors (Lipinski definition) is 0. The summed E-state index contributed by atoms with van der Waals surface area (Å²) in [5, 5.41) is 0. The van der Waals surface area contributed by atoms with Crippen LogP contribution in [0.4, 0.5) is 0 Å². The fourth-order valence-electron chi connectivity index (χ4n) is 3.34. The van der Waals surface area contributed by atoms with Crippen LogP contribution in [-0.2, 0) is 0 Å². The van der Waals surface area contributed by atoms with E-state index in [4.69, 9.17) is 0 Å². The second-order valence-corrected chi connectivity index (χ2v) is 8.01. The maximum atomic E-state index is 2.43. The molecule has 27 heavy (non-hydrogen) atoms. The van der Waals surface area contributed by atoms with Crippen LogP contribution in [0.15, 0.2) is 36.8 Å². The first kappa shape index (κ1) is 26.2. The third-order valence-electron chi connectivity index (χ3n) is 5.37. The van der Waals surface area contributed by atoms with E-state index in [0.717, 1.165) is 11.0 Å². The van der Waals surface area contributed by atoms with Gasteiger partial charge in [-0.1, -0.05) is 78.6 Å². The van der Waals surface area contributed by atoms with Gasteiger partial charge in [0.25, 0.3) is 0 Å². The molecule has 0 atom stereocenters. The van der Waals surface area contributed by atoms with Crippen LogP contribution in [0.2, 0.25) is 0 Å². The van der Waals surface area contributed by atoms with Gasteiger partial charge in [0.15, 0.2) is 0 Å². The quantitative estimate of drug-likeness (QED) is 0.156. The van der Waals surface area contributed by atoms with Crippen molar-refractivity contribution in [1.82, 2.24) is 0 Å². The minimum atomic E-state index is 0.884. The van der Waals surface area contributed by atoms with Gasteiger partial charge in [0, 0.05) is 0 Å².